The van der Waals surface area contributed by atoms with Crippen molar-refractivity contribution in [2.24, 2.45) is 0 Å². The van der Waals surface area contributed by atoms with Crippen LogP contribution in [0.5, 0.6) is 0 Å². The summed E-state index contributed by atoms with van der Waals surface area (Å²) in [5.41, 5.74) is 0. The first kappa shape index (κ1) is 7.41. The van der Waals surface area contributed by atoms with E-state index in [4.69, 9.17) is 0 Å². The maximum atomic E-state index is 3.08. The van der Waals surface area contributed by atoms with Crippen molar-refractivity contribution in [3.63, 3.8) is 0 Å². The fraction of sp³-hybridized carbons (Fsp3) is 0.111. The summed E-state index contributed by atoms with van der Waals surface area (Å²) >= 11 is 0.357. The molecule has 1 aromatic carbocycles. The van der Waals surface area contributed by atoms with Crippen LogP contribution in [-0.4, -0.2) is 15.0 Å². The second-order valence-electron chi connectivity index (χ2n) is 1.77. The van der Waals surface area contributed by atoms with Crippen molar-refractivity contribution in [3.8, 4) is 10.7 Å². The molecule has 10 heavy (non-hydrogen) atoms. The van der Waals surface area contributed by atoms with E-state index in [0.717, 1.165) is 0 Å². The molecule has 0 N–H and O–H groups in total. The van der Waals surface area contributed by atoms with E-state index in [2.05, 4.69) is 35.0 Å². The van der Waals surface area contributed by atoms with E-state index in [1.54, 1.807) is 0 Å². The molecule has 0 aliphatic rings. The van der Waals surface area contributed by atoms with E-state index < -0.39 is 0 Å². The molecule has 1 heteroatoms. The van der Waals surface area contributed by atoms with Crippen molar-refractivity contribution in [2.45, 2.75) is 6.92 Å². The molecule has 0 aliphatic carbocycles. The second-order valence-corrected chi connectivity index (χ2v) is 3.61. The zero-order valence-corrected chi connectivity index (χ0v) is 7.51. The first-order chi connectivity index (χ1) is 4.93. The molecule has 0 radical (unpaired) electrons. The molecule has 0 saturated carbocycles. The Kier molecular flexibility index (Phi) is 3.09. The van der Waals surface area contributed by atoms with Gasteiger partial charge < -0.3 is 0 Å². The maximum absolute atomic E-state index is 3.08. The molecule has 0 atom stereocenters. The van der Waals surface area contributed by atoms with Crippen LogP contribution in [0.3, 0.4) is 0 Å². The van der Waals surface area contributed by atoms with Crippen molar-refractivity contribution < 1.29 is 0 Å². The molecule has 0 aliphatic heterocycles. The Bertz CT molecular complexity index is 240. The molecule has 0 fully saturated rings. The predicted molar refractivity (Wildman–Crippen MR) is 45.3 cm³/mol. The summed E-state index contributed by atoms with van der Waals surface area (Å²) in [6.07, 6.45) is 0. The van der Waals surface area contributed by atoms with E-state index in [1.165, 1.54) is 4.46 Å². The van der Waals surface area contributed by atoms with Crippen LogP contribution in [0.25, 0.3) is 0 Å². The summed E-state index contributed by atoms with van der Waals surface area (Å²) in [5.74, 6) is 2.89. The van der Waals surface area contributed by atoms with Gasteiger partial charge in [-0.15, -0.1) is 0 Å². The Morgan fingerprint density at radius 1 is 1.20 bits per heavy atom. The van der Waals surface area contributed by atoms with E-state index in [-0.39, 0.29) is 0 Å². The average molecular weight is 195 g/mol. The van der Waals surface area contributed by atoms with Crippen LogP contribution >= 0.6 is 0 Å². The molecule has 50 valence electrons. The van der Waals surface area contributed by atoms with E-state index in [9.17, 15) is 0 Å². The predicted octanol–water partition coefficient (Wildman–Crippen LogP) is 0.997. The molecule has 0 aromatic heterocycles. The fourth-order valence-electron chi connectivity index (χ4n) is 0.598. The minimum absolute atomic E-state index is 0.357. The second kappa shape index (κ2) is 4.17. The molecule has 1 aromatic rings. The van der Waals surface area contributed by atoms with Gasteiger partial charge in [0.05, 0.1) is 0 Å². The molecule has 0 spiro atoms. The minimum atomic E-state index is 0.357. The SMILES string of the molecule is CC#C[Se]c1ccccc1. The summed E-state index contributed by atoms with van der Waals surface area (Å²) in [6.45, 7) is 1.88. The van der Waals surface area contributed by atoms with Crippen LogP contribution in [-0.2, 0) is 0 Å². The van der Waals surface area contributed by atoms with Crippen LogP contribution in [0.4, 0.5) is 0 Å². The topological polar surface area (TPSA) is 0 Å². The van der Waals surface area contributed by atoms with E-state index in [0.29, 0.717) is 15.0 Å². The number of benzene rings is 1. The van der Waals surface area contributed by atoms with Gasteiger partial charge in [0, 0.05) is 0 Å². The third-order valence-corrected chi connectivity index (χ3v) is 2.72. The molecule has 0 saturated heterocycles. The zero-order chi connectivity index (χ0) is 7.23. The Balaban J connectivity index is 2.64. The molecule has 0 nitrogen and oxygen atoms in total. The normalized spacial score (nSPS) is 8.10. The van der Waals surface area contributed by atoms with Gasteiger partial charge in [-0.05, 0) is 0 Å². The molecule has 0 unspecified atom stereocenters. The Labute approximate surface area is 67.8 Å². The van der Waals surface area contributed by atoms with E-state index in [1.807, 2.05) is 13.0 Å². The van der Waals surface area contributed by atoms with Gasteiger partial charge in [0.2, 0.25) is 0 Å². The Morgan fingerprint density at radius 2 is 1.90 bits per heavy atom. The van der Waals surface area contributed by atoms with Gasteiger partial charge in [-0.3, -0.25) is 0 Å². The molecular weight excluding hydrogens is 187 g/mol. The van der Waals surface area contributed by atoms with Crippen molar-refractivity contribution in [3.05, 3.63) is 30.3 Å². The third-order valence-electron chi connectivity index (χ3n) is 1.01. The van der Waals surface area contributed by atoms with Gasteiger partial charge in [-0.2, -0.15) is 0 Å². The van der Waals surface area contributed by atoms with Gasteiger partial charge in [0.15, 0.2) is 0 Å². The summed E-state index contributed by atoms with van der Waals surface area (Å²) < 4.78 is 1.35. The first-order valence-corrected chi connectivity index (χ1v) is 4.78. The monoisotopic (exact) mass is 196 g/mol. The standard InChI is InChI=1S/C9H8Se/c1-2-8-10-9-6-4-3-5-7-9/h3-7H,1H3. The van der Waals surface area contributed by atoms with Gasteiger partial charge in [-0.25, -0.2) is 0 Å². The van der Waals surface area contributed by atoms with Gasteiger partial charge in [0.1, 0.15) is 0 Å². The summed E-state index contributed by atoms with van der Waals surface area (Å²) in [6, 6.07) is 10.4. The fourth-order valence-corrected chi connectivity index (χ4v) is 1.68. The Morgan fingerprint density at radius 3 is 2.50 bits per heavy atom. The van der Waals surface area contributed by atoms with E-state index >= 15 is 0 Å². The quantitative estimate of drug-likeness (QED) is 0.463. The zero-order valence-electron chi connectivity index (χ0n) is 5.79. The first-order valence-electron chi connectivity index (χ1n) is 3.07. The average Bonchev–Trinajstić information content (AvgIpc) is 2.03. The van der Waals surface area contributed by atoms with Gasteiger partial charge in [0.25, 0.3) is 0 Å². The molecule has 0 amide bonds. The van der Waals surface area contributed by atoms with Crippen LogP contribution in [0.1, 0.15) is 6.92 Å². The van der Waals surface area contributed by atoms with Crippen molar-refractivity contribution >= 4 is 19.4 Å². The van der Waals surface area contributed by atoms with Crippen LogP contribution in [0.15, 0.2) is 30.3 Å². The number of hydrogen-bond acceptors (Lipinski definition) is 0. The van der Waals surface area contributed by atoms with Crippen LogP contribution < -0.4 is 4.46 Å². The third kappa shape index (κ3) is 2.27. The van der Waals surface area contributed by atoms with Gasteiger partial charge >= 0.3 is 67.4 Å². The van der Waals surface area contributed by atoms with Gasteiger partial charge in [-0.1, -0.05) is 0 Å². The van der Waals surface area contributed by atoms with Crippen molar-refractivity contribution in [1.82, 2.24) is 0 Å². The molecular formula is C9H8Se. The number of hydrogen-bond donors (Lipinski definition) is 0. The van der Waals surface area contributed by atoms with Crippen LogP contribution in [0, 0.1) is 10.7 Å². The van der Waals surface area contributed by atoms with Crippen molar-refractivity contribution in [2.75, 3.05) is 0 Å². The molecule has 0 heterocycles. The number of rotatable bonds is 1. The van der Waals surface area contributed by atoms with Crippen LogP contribution in [0.2, 0.25) is 0 Å². The summed E-state index contributed by atoms with van der Waals surface area (Å²) in [5, 5.41) is 0. The molecule has 0 bridgehead atoms. The summed E-state index contributed by atoms with van der Waals surface area (Å²) in [7, 11) is 0. The molecule has 1 rings (SSSR count). The van der Waals surface area contributed by atoms with Crippen molar-refractivity contribution in [1.29, 1.82) is 0 Å². The Hall–Kier alpha value is -0.701. The summed E-state index contributed by atoms with van der Waals surface area (Å²) in [4.78, 5) is 3.08.